The number of anilines is 1. The van der Waals surface area contributed by atoms with Crippen LogP contribution in [0.3, 0.4) is 0 Å². The molecular formula is C17H13BrN2. The normalized spacial score (nSPS) is 22.7. The van der Waals surface area contributed by atoms with Gasteiger partial charge in [0.15, 0.2) is 0 Å². The zero-order chi connectivity index (χ0) is 13.7. The first-order valence-corrected chi connectivity index (χ1v) is 7.63. The second-order valence-electron chi connectivity index (χ2n) is 5.48. The molecule has 2 atom stereocenters. The van der Waals surface area contributed by atoms with Crippen LogP contribution in [0.5, 0.6) is 0 Å². The van der Waals surface area contributed by atoms with Gasteiger partial charge in [-0.1, -0.05) is 30.3 Å². The lowest BCUT2D eigenvalue weighted by atomic mass is 9.98. The van der Waals surface area contributed by atoms with Gasteiger partial charge < -0.3 is 4.90 Å². The van der Waals surface area contributed by atoms with Crippen LogP contribution < -0.4 is 4.90 Å². The van der Waals surface area contributed by atoms with Crippen molar-refractivity contribution in [1.82, 2.24) is 0 Å². The molecule has 2 aliphatic rings. The van der Waals surface area contributed by atoms with Crippen LogP contribution in [0.4, 0.5) is 5.69 Å². The minimum absolute atomic E-state index is 0.428. The summed E-state index contributed by atoms with van der Waals surface area (Å²) in [6.45, 7) is 1.02. The minimum Gasteiger partial charge on any atom is -0.363 e. The molecule has 2 bridgehead atoms. The molecule has 2 nitrogen and oxygen atoms in total. The van der Waals surface area contributed by atoms with E-state index >= 15 is 0 Å². The van der Waals surface area contributed by atoms with E-state index in [0.29, 0.717) is 12.0 Å². The Balaban J connectivity index is 1.81. The summed E-state index contributed by atoms with van der Waals surface area (Å²) in [5.41, 5.74) is 4.75. The molecule has 2 aromatic rings. The fourth-order valence-corrected chi connectivity index (χ4v) is 4.12. The lowest BCUT2D eigenvalue weighted by Crippen LogP contribution is -2.27. The molecule has 0 spiro atoms. The van der Waals surface area contributed by atoms with Crippen LogP contribution in [0.1, 0.15) is 35.1 Å². The Morgan fingerprint density at radius 2 is 1.90 bits per heavy atom. The molecule has 0 aromatic heterocycles. The second kappa shape index (κ2) is 4.36. The van der Waals surface area contributed by atoms with Crippen molar-refractivity contribution in [2.75, 3.05) is 11.4 Å². The largest absolute Gasteiger partial charge is 0.363 e. The molecule has 2 aromatic carbocycles. The molecule has 1 saturated heterocycles. The van der Waals surface area contributed by atoms with E-state index in [1.165, 1.54) is 17.5 Å². The molecule has 98 valence electrons. The Labute approximate surface area is 126 Å². The number of hydrogen-bond donors (Lipinski definition) is 0. The van der Waals surface area contributed by atoms with Gasteiger partial charge in [-0.15, -0.1) is 0 Å². The summed E-state index contributed by atoms with van der Waals surface area (Å²) in [4.78, 5) is 2.40. The van der Waals surface area contributed by atoms with Crippen molar-refractivity contribution in [3.05, 3.63) is 63.6 Å². The minimum atomic E-state index is 0.428. The average Bonchev–Trinajstić information content (AvgIpc) is 3.06. The van der Waals surface area contributed by atoms with Gasteiger partial charge >= 0.3 is 0 Å². The number of nitrogens with zero attached hydrogens (tertiary/aromatic N) is 2. The van der Waals surface area contributed by atoms with Crippen molar-refractivity contribution in [3.8, 4) is 6.07 Å². The van der Waals surface area contributed by atoms with E-state index < -0.39 is 0 Å². The molecule has 0 N–H and O–H groups in total. The standard InChI is InChI=1S/C17H13BrN2/c18-15-6-3-7-16(14(15)9-19)20-10-11-8-17(20)13-5-2-1-4-12(11)13/h1-7,11,17H,8,10H2. The number of rotatable bonds is 1. The summed E-state index contributed by atoms with van der Waals surface area (Å²) in [6, 6.07) is 17.5. The predicted molar refractivity (Wildman–Crippen MR) is 82.7 cm³/mol. The van der Waals surface area contributed by atoms with Crippen LogP contribution in [-0.2, 0) is 0 Å². The summed E-state index contributed by atoms with van der Waals surface area (Å²) >= 11 is 3.49. The van der Waals surface area contributed by atoms with Crippen molar-refractivity contribution >= 4 is 21.6 Å². The quantitative estimate of drug-likeness (QED) is 0.778. The Morgan fingerprint density at radius 3 is 2.70 bits per heavy atom. The van der Waals surface area contributed by atoms with E-state index in [2.05, 4.69) is 57.2 Å². The van der Waals surface area contributed by atoms with Crippen LogP contribution in [0.2, 0.25) is 0 Å². The van der Waals surface area contributed by atoms with Crippen molar-refractivity contribution in [1.29, 1.82) is 5.26 Å². The molecule has 1 aliphatic heterocycles. The number of benzene rings is 2. The van der Waals surface area contributed by atoms with Crippen molar-refractivity contribution < 1.29 is 0 Å². The van der Waals surface area contributed by atoms with Crippen LogP contribution >= 0.6 is 15.9 Å². The van der Waals surface area contributed by atoms with Gasteiger partial charge in [0.1, 0.15) is 6.07 Å². The molecule has 20 heavy (non-hydrogen) atoms. The molecule has 4 rings (SSSR count). The topological polar surface area (TPSA) is 27.0 Å². The van der Waals surface area contributed by atoms with Crippen LogP contribution in [-0.4, -0.2) is 6.54 Å². The fraction of sp³-hybridized carbons (Fsp3) is 0.235. The molecule has 1 aliphatic carbocycles. The van der Waals surface area contributed by atoms with Crippen molar-refractivity contribution in [3.63, 3.8) is 0 Å². The van der Waals surface area contributed by atoms with E-state index in [-0.39, 0.29) is 0 Å². The highest BCUT2D eigenvalue weighted by Crippen LogP contribution is 2.52. The van der Waals surface area contributed by atoms with Gasteiger partial charge in [-0.25, -0.2) is 0 Å². The third-order valence-electron chi connectivity index (χ3n) is 4.51. The zero-order valence-corrected chi connectivity index (χ0v) is 12.5. The summed E-state index contributed by atoms with van der Waals surface area (Å²) in [6.07, 6.45) is 1.18. The van der Waals surface area contributed by atoms with Crippen LogP contribution in [0.15, 0.2) is 46.9 Å². The maximum atomic E-state index is 9.42. The first-order chi connectivity index (χ1) is 9.79. The van der Waals surface area contributed by atoms with Gasteiger partial charge in [-0.3, -0.25) is 0 Å². The Bertz CT molecular complexity index is 732. The van der Waals surface area contributed by atoms with Crippen LogP contribution in [0, 0.1) is 11.3 Å². The van der Waals surface area contributed by atoms with Gasteiger partial charge in [-0.2, -0.15) is 5.26 Å². The third kappa shape index (κ3) is 1.55. The SMILES string of the molecule is N#Cc1c(Br)cccc1N1CC2CC1c1ccccc12. The number of fused-ring (bicyclic) bond motifs is 5. The number of nitriles is 1. The maximum absolute atomic E-state index is 9.42. The molecule has 2 unspecified atom stereocenters. The number of halogens is 1. The van der Waals surface area contributed by atoms with E-state index in [0.717, 1.165) is 22.3 Å². The fourth-order valence-electron chi connectivity index (χ4n) is 3.67. The highest BCUT2D eigenvalue weighted by Gasteiger charge is 2.42. The smallest absolute Gasteiger partial charge is 0.103 e. The predicted octanol–water partition coefficient (Wildman–Crippen LogP) is 4.37. The highest BCUT2D eigenvalue weighted by molar-refractivity contribution is 9.10. The van der Waals surface area contributed by atoms with E-state index in [1.807, 2.05) is 12.1 Å². The lowest BCUT2D eigenvalue weighted by molar-refractivity contribution is 0.740. The Kier molecular flexibility index (Phi) is 2.61. The van der Waals surface area contributed by atoms with Crippen molar-refractivity contribution in [2.24, 2.45) is 0 Å². The van der Waals surface area contributed by atoms with Crippen LogP contribution in [0.25, 0.3) is 0 Å². The Morgan fingerprint density at radius 1 is 1.10 bits per heavy atom. The first kappa shape index (κ1) is 12.0. The van der Waals surface area contributed by atoms with Gasteiger partial charge in [0.25, 0.3) is 0 Å². The first-order valence-electron chi connectivity index (χ1n) is 6.83. The molecular weight excluding hydrogens is 312 g/mol. The van der Waals surface area contributed by atoms with Crippen molar-refractivity contribution in [2.45, 2.75) is 18.4 Å². The molecule has 0 radical (unpaired) electrons. The second-order valence-corrected chi connectivity index (χ2v) is 6.33. The summed E-state index contributed by atoms with van der Waals surface area (Å²) in [5, 5.41) is 9.42. The van der Waals surface area contributed by atoms with Gasteiger partial charge in [0.2, 0.25) is 0 Å². The molecule has 0 amide bonds. The van der Waals surface area contributed by atoms with E-state index in [4.69, 9.17) is 0 Å². The van der Waals surface area contributed by atoms with E-state index in [1.54, 1.807) is 0 Å². The summed E-state index contributed by atoms with van der Waals surface area (Å²) in [7, 11) is 0. The summed E-state index contributed by atoms with van der Waals surface area (Å²) in [5.74, 6) is 0.613. The molecule has 1 fully saturated rings. The number of hydrogen-bond acceptors (Lipinski definition) is 2. The van der Waals surface area contributed by atoms with Gasteiger partial charge in [0, 0.05) is 16.9 Å². The Hall–Kier alpha value is -1.79. The van der Waals surface area contributed by atoms with Gasteiger partial charge in [-0.05, 0) is 45.6 Å². The zero-order valence-electron chi connectivity index (χ0n) is 10.9. The maximum Gasteiger partial charge on any atom is 0.103 e. The molecule has 1 heterocycles. The monoisotopic (exact) mass is 324 g/mol. The molecule has 3 heteroatoms. The summed E-state index contributed by atoms with van der Waals surface area (Å²) < 4.78 is 0.883. The van der Waals surface area contributed by atoms with Gasteiger partial charge in [0.05, 0.1) is 17.3 Å². The third-order valence-corrected chi connectivity index (χ3v) is 5.17. The average molecular weight is 325 g/mol. The lowest BCUT2D eigenvalue weighted by Gasteiger charge is -2.31. The van der Waals surface area contributed by atoms with E-state index in [9.17, 15) is 5.26 Å². The molecule has 0 saturated carbocycles. The highest BCUT2D eigenvalue weighted by atomic mass is 79.9.